The topological polar surface area (TPSA) is 9.23 Å². The average molecular weight is 160 g/mol. The summed E-state index contributed by atoms with van der Waals surface area (Å²) in [6.07, 6.45) is -6.26. The zero-order valence-corrected chi connectivity index (χ0v) is 5.41. The summed E-state index contributed by atoms with van der Waals surface area (Å²) in [6, 6.07) is 0. The van der Waals surface area contributed by atoms with Crippen LogP contribution >= 0.6 is 0 Å². The van der Waals surface area contributed by atoms with Gasteiger partial charge in [-0.1, -0.05) is 0 Å². The van der Waals surface area contributed by atoms with Crippen molar-refractivity contribution in [2.45, 2.75) is 19.2 Å². The van der Waals surface area contributed by atoms with Crippen LogP contribution in [0.1, 0.15) is 6.92 Å². The Labute approximate surface area is 56.0 Å². The lowest BCUT2D eigenvalue weighted by atomic mass is 10.4. The van der Waals surface area contributed by atoms with Crippen molar-refractivity contribution in [3.05, 3.63) is 0 Å². The molecule has 1 atom stereocenters. The molecule has 1 unspecified atom stereocenters. The minimum absolute atomic E-state index is 0.651. The lowest BCUT2D eigenvalue weighted by Gasteiger charge is -2.16. The van der Waals surface area contributed by atoms with E-state index in [9.17, 15) is 17.6 Å². The van der Waals surface area contributed by atoms with Crippen molar-refractivity contribution in [1.82, 2.24) is 0 Å². The lowest BCUT2D eigenvalue weighted by Crippen LogP contribution is -2.31. The van der Waals surface area contributed by atoms with E-state index in [2.05, 4.69) is 4.74 Å². The van der Waals surface area contributed by atoms with Crippen molar-refractivity contribution in [3.63, 3.8) is 0 Å². The van der Waals surface area contributed by atoms with Gasteiger partial charge < -0.3 is 4.74 Å². The molecule has 0 aromatic carbocycles. The fraction of sp³-hybridized carbons (Fsp3) is 1.00. The van der Waals surface area contributed by atoms with Crippen LogP contribution in [0.3, 0.4) is 0 Å². The molecule has 0 saturated heterocycles. The fourth-order valence-electron chi connectivity index (χ4n) is 0.289. The second-order valence-corrected chi connectivity index (χ2v) is 1.72. The van der Waals surface area contributed by atoms with E-state index < -0.39 is 25.6 Å². The van der Waals surface area contributed by atoms with Crippen LogP contribution in [0.4, 0.5) is 17.6 Å². The van der Waals surface area contributed by atoms with E-state index >= 15 is 0 Å². The molecule has 0 spiro atoms. The molecule has 0 aliphatic rings. The van der Waals surface area contributed by atoms with Crippen LogP contribution in [-0.4, -0.2) is 25.6 Å². The molecular weight excluding hydrogens is 152 g/mol. The van der Waals surface area contributed by atoms with Gasteiger partial charge in [0.2, 0.25) is 0 Å². The summed E-state index contributed by atoms with van der Waals surface area (Å²) in [7, 11) is 0. The Kier molecular flexibility index (Phi) is 3.63. The highest BCUT2D eigenvalue weighted by Crippen LogP contribution is 2.22. The van der Waals surface area contributed by atoms with Crippen molar-refractivity contribution in [2.75, 3.05) is 13.3 Å². The molecule has 0 bridgehead atoms. The summed E-state index contributed by atoms with van der Waals surface area (Å²) in [4.78, 5) is 0. The highest BCUT2D eigenvalue weighted by molar-refractivity contribution is 4.60. The van der Waals surface area contributed by atoms with Gasteiger partial charge in [-0.3, -0.25) is 0 Å². The third-order valence-corrected chi connectivity index (χ3v) is 0.835. The molecule has 0 rings (SSSR count). The minimum Gasteiger partial charge on any atom is -0.315 e. The largest absolute Gasteiger partial charge is 0.386 e. The average Bonchev–Trinajstić information content (AvgIpc) is 1.84. The number of hydrogen-bond donors (Lipinski definition) is 0. The summed E-state index contributed by atoms with van der Waals surface area (Å²) >= 11 is 0. The van der Waals surface area contributed by atoms with E-state index in [4.69, 9.17) is 0 Å². The molecule has 0 aromatic heterocycles. The van der Waals surface area contributed by atoms with Crippen LogP contribution < -0.4 is 0 Å². The smallest absolute Gasteiger partial charge is 0.315 e. The molecule has 0 heterocycles. The number of rotatable bonds is 4. The first-order valence-electron chi connectivity index (χ1n) is 2.72. The Bertz CT molecular complexity index is 93.6. The van der Waals surface area contributed by atoms with Crippen LogP contribution in [0.25, 0.3) is 0 Å². The molecule has 0 fully saturated rings. The maximum atomic E-state index is 12.0. The summed E-state index contributed by atoms with van der Waals surface area (Å²) < 4.78 is 50.5. The molecule has 0 aliphatic heterocycles. The molecule has 1 nitrogen and oxygen atoms in total. The molecule has 10 heavy (non-hydrogen) atoms. The zero-order valence-electron chi connectivity index (χ0n) is 5.41. The van der Waals surface area contributed by atoms with Gasteiger partial charge in [-0.25, -0.2) is 8.78 Å². The number of halogens is 4. The van der Waals surface area contributed by atoms with Crippen molar-refractivity contribution in [2.24, 2.45) is 0 Å². The Balaban J connectivity index is 3.63. The van der Waals surface area contributed by atoms with Gasteiger partial charge in [0.1, 0.15) is 6.67 Å². The van der Waals surface area contributed by atoms with Crippen LogP contribution in [0, 0.1) is 0 Å². The van der Waals surface area contributed by atoms with E-state index in [-0.39, 0.29) is 0 Å². The molecule has 0 N–H and O–H groups in total. The van der Waals surface area contributed by atoms with Gasteiger partial charge in [-0.15, -0.1) is 0 Å². The molecule has 0 amide bonds. The lowest BCUT2D eigenvalue weighted by molar-refractivity contribution is -0.270. The van der Waals surface area contributed by atoms with Crippen molar-refractivity contribution in [3.8, 4) is 0 Å². The van der Waals surface area contributed by atoms with Crippen molar-refractivity contribution >= 4 is 0 Å². The maximum absolute atomic E-state index is 12.0. The summed E-state index contributed by atoms with van der Waals surface area (Å²) in [6.45, 7) is -1.16. The van der Waals surface area contributed by atoms with E-state index in [1.54, 1.807) is 0 Å². The first-order valence-corrected chi connectivity index (χ1v) is 2.72. The second kappa shape index (κ2) is 3.75. The standard InChI is InChI=1S/C5H8F4O/c1-4(7)5(8,9)10-3-2-6/h4H,2-3H2,1H3. The van der Waals surface area contributed by atoms with Gasteiger partial charge in [0.25, 0.3) is 0 Å². The molecule has 5 heteroatoms. The quantitative estimate of drug-likeness (QED) is 0.571. The first kappa shape index (κ1) is 9.68. The summed E-state index contributed by atoms with van der Waals surface area (Å²) in [5, 5.41) is 0. The predicted octanol–water partition coefficient (Wildman–Crippen LogP) is 1.92. The fourth-order valence-corrected chi connectivity index (χ4v) is 0.289. The van der Waals surface area contributed by atoms with Gasteiger partial charge in [0.15, 0.2) is 6.17 Å². The van der Waals surface area contributed by atoms with Gasteiger partial charge in [-0.05, 0) is 6.92 Å². The Morgan fingerprint density at radius 2 is 2.00 bits per heavy atom. The number of alkyl halides is 4. The minimum atomic E-state index is -3.86. The third-order valence-electron chi connectivity index (χ3n) is 0.835. The van der Waals surface area contributed by atoms with E-state index in [0.29, 0.717) is 6.92 Å². The Morgan fingerprint density at radius 1 is 1.50 bits per heavy atom. The van der Waals surface area contributed by atoms with E-state index in [1.165, 1.54) is 0 Å². The Morgan fingerprint density at radius 3 is 2.30 bits per heavy atom. The van der Waals surface area contributed by atoms with Gasteiger partial charge in [-0.2, -0.15) is 8.78 Å². The van der Waals surface area contributed by atoms with Crippen LogP contribution in [0.5, 0.6) is 0 Å². The van der Waals surface area contributed by atoms with Crippen LogP contribution in [0.15, 0.2) is 0 Å². The van der Waals surface area contributed by atoms with Crippen LogP contribution in [0.2, 0.25) is 0 Å². The molecule has 0 aliphatic carbocycles. The summed E-state index contributed by atoms with van der Waals surface area (Å²) in [5.74, 6) is 0. The summed E-state index contributed by atoms with van der Waals surface area (Å²) in [5.41, 5.74) is 0. The monoisotopic (exact) mass is 160 g/mol. The van der Waals surface area contributed by atoms with E-state index in [0.717, 1.165) is 0 Å². The molecule has 62 valence electrons. The highest BCUT2D eigenvalue weighted by atomic mass is 19.3. The SMILES string of the molecule is CC(F)C(F)(F)OCCF. The first-order chi connectivity index (χ1) is 4.50. The second-order valence-electron chi connectivity index (χ2n) is 1.72. The van der Waals surface area contributed by atoms with E-state index in [1.807, 2.05) is 0 Å². The van der Waals surface area contributed by atoms with Gasteiger partial charge in [0, 0.05) is 0 Å². The normalized spacial score (nSPS) is 15.3. The third kappa shape index (κ3) is 3.00. The van der Waals surface area contributed by atoms with Gasteiger partial charge >= 0.3 is 6.11 Å². The Hall–Kier alpha value is -0.320. The molecule has 0 aromatic rings. The van der Waals surface area contributed by atoms with Crippen LogP contribution in [-0.2, 0) is 4.74 Å². The number of hydrogen-bond acceptors (Lipinski definition) is 1. The molecule has 0 radical (unpaired) electrons. The number of ether oxygens (including phenoxy) is 1. The maximum Gasteiger partial charge on any atom is 0.386 e. The van der Waals surface area contributed by atoms with Crippen molar-refractivity contribution in [1.29, 1.82) is 0 Å². The zero-order chi connectivity index (χ0) is 8.20. The predicted molar refractivity (Wildman–Crippen MR) is 27.4 cm³/mol. The molecule has 0 saturated carbocycles. The highest BCUT2D eigenvalue weighted by Gasteiger charge is 2.37. The molecular formula is C5H8F4O. The van der Waals surface area contributed by atoms with Gasteiger partial charge in [0.05, 0.1) is 6.61 Å². The van der Waals surface area contributed by atoms with Crippen molar-refractivity contribution < 1.29 is 22.3 Å².